The zero-order valence-electron chi connectivity index (χ0n) is 9.33. The van der Waals surface area contributed by atoms with Crippen LogP contribution in [0.25, 0.3) is 0 Å². The fourth-order valence-corrected chi connectivity index (χ4v) is 1.48. The number of ether oxygens (including phenoxy) is 1. The van der Waals surface area contributed by atoms with Gasteiger partial charge in [-0.05, 0) is 30.6 Å². The lowest BCUT2D eigenvalue weighted by molar-refractivity contribution is 0.184. The van der Waals surface area contributed by atoms with E-state index in [1.54, 1.807) is 7.11 Å². The molecule has 0 aliphatic heterocycles. The van der Waals surface area contributed by atoms with E-state index in [4.69, 9.17) is 10.5 Å². The first-order valence-electron chi connectivity index (χ1n) is 5.35. The summed E-state index contributed by atoms with van der Waals surface area (Å²) in [4.78, 5) is 0. The van der Waals surface area contributed by atoms with Crippen molar-refractivity contribution in [2.45, 2.75) is 19.6 Å². The highest BCUT2D eigenvalue weighted by atomic mass is 16.5. The maximum Gasteiger partial charge on any atom is 0.0716 e. The van der Waals surface area contributed by atoms with E-state index in [0.29, 0.717) is 6.61 Å². The summed E-state index contributed by atoms with van der Waals surface area (Å²) in [6.07, 6.45) is 1.02. The molecular formula is C12H20N2O. The zero-order valence-corrected chi connectivity index (χ0v) is 9.33. The van der Waals surface area contributed by atoms with Crippen LogP contribution in [0, 0.1) is 0 Å². The largest absolute Gasteiger partial charge is 0.380 e. The van der Waals surface area contributed by atoms with E-state index in [2.05, 4.69) is 23.5 Å². The maximum atomic E-state index is 5.43. The Morgan fingerprint density at radius 1 is 1.27 bits per heavy atom. The summed E-state index contributed by atoms with van der Waals surface area (Å²) in [7, 11) is 1.72. The summed E-state index contributed by atoms with van der Waals surface area (Å²) in [5.74, 6) is 0. The van der Waals surface area contributed by atoms with Crippen LogP contribution in [-0.2, 0) is 17.9 Å². The lowest BCUT2D eigenvalue weighted by Gasteiger charge is -2.09. The van der Waals surface area contributed by atoms with E-state index < -0.39 is 0 Å². The van der Waals surface area contributed by atoms with Gasteiger partial charge in [0.15, 0.2) is 0 Å². The third-order valence-electron chi connectivity index (χ3n) is 2.29. The molecule has 0 heterocycles. The minimum Gasteiger partial charge on any atom is -0.380 e. The number of hydrogen-bond acceptors (Lipinski definition) is 3. The molecule has 0 saturated heterocycles. The van der Waals surface area contributed by atoms with Gasteiger partial charge in [0, 0.05) is 13.7 Å². The van der Waals surface area contributed by atoms with E-state index in [1.807, 2.05) is 6.07 Å². The highest BCUT2D eigenvalue weighted by molar-refractivity contribution is 5.26. The Morgan fingerprint density at radius 2 is 2.00 bits per heavy atom. The molecule has 0 saturated carbocycles. The van der Waals surface area contributed by atoms with Gasteiger partial charge in [0.05, 0.1) is 6.61 Å². The first-order valence-corrected chi connectivity index (χ1v) is 5.35. The molecule has 0 atom stereocenters. The highest BCUT2D eigenvalue weighted by Crippen LogP contribution is 2.09. The fourth-order valence-electron chi connectivity index (χ4n) is 1.48. The average molecular weight is 208 g/mol. The minimum atomic E-state index is 0.675. The van der Waals surface area contributed by atoms with Crippen LogP contribution < -0.4 is 11.1 Å². The van der Waals surface area contributed by atoms with Crippen molar-refractivity contribution < 1.29 is 4.74 Å². The molecule has 0 bridgehead atoms. The Kier molecular flexibility index (Phi) is 6.00. The Labute approximate surface area is 91.6 Å². The van der Waals surface area contributed by atoms with Gasteiger partial charge in [-0.3, -0.25) is 0 Å². The highest BCUT2D eigenvalue weighted by Gasteiger charge is 1.99. The lowest BCUT2D eigenvalue weighted by atomic mass is 10.1. The van der Waals surface area contributed by atoms with Gasteiger partial charge in [0.2, 0.25) is 0 Å². The molecule has 84 valence electrons. The van der Waals surface area contributed by atoms with Crippen LogP contribution in [0.2, 0.25) is 0 Å². The number of rotatable bonds is 7. The van der Waals surface area contributed by atoms with Crippen LogP contribution >= 0.6 is 0 Å². The van der Waals surface area contributed by atoms with Gasteiger partial charge in [-0.1, -0.05) is 24.3 Å². The third-order valence-corrected chi connectivity index (χ3v) is 2.29. The van der Waals surface area contributed by atoms with E-state index in [1.165, 1.54) is 11.1 Å². The van der Waals surface area contributed by atoms with Crippen LogP contribution in [0.1, 0.15) is 17.5 Å². The SMILES string of the molecule is COCc1ccccc1CNCCCN. The molecule has 0 aliphatic rings. The van der Waals surface area contributed by atoms with E-state index in [0.717, 1.165) is 26.1 Å². The fraction of sp³-hybridized carbons (Fsp3) is 0.500. The van der Waals surface area contributed by atoms with Crippen molar-refractivity contribution in [2.24, 2.45) is 5.73 Å². The summed E-state index contributed by atoms with van der Waals surface area (Å²) in [6.45, 7) is 3.28. The quantitative estimate of drug-likeness (QED) is 0.663. The number of nitrogens with one attached hydrogen (secondary N) is 1. The van der Waals surface area contributed by atoms with Gasteiger partial charge in [-0.15, -0.1) is 0 Å². The second kappa shape index (κ2) is 7.40. The summed E-state index contributed by atoms with van der Waals surface area (Å²) in [5.41, 5.74) is 7.98. The van der Waals surface area contributed by atoms with Gasteiger partial charge in [-0.2, -0.15) is 0 Å². The normalized spacial score (nSPS) is 10.5. The van der Waals surface area contributed by atoms with Crippen LogP contribution in [0.4, 0.5) is 0 Å². The Balaban J connectivity index is 2.44. The summed E-state index contributed by atoms with van der Waals surface area (Å²) in [6, 6.07) is 8.32. The lowest BCUT2D eigenvalue weighted by Crippen LogP contribution is -2.18. The maximum absolute atomic E-state index is 5.43. The van der Waals surface area contributed by atoms with Gasteiger partial charge in [0.1, 0.15) is 0 Å². The number of nitrogens with two attached hydrogens (primary N) is 1. The van der Waals surface area contributed by atoms with Crippen molar-refractivity contribution in [3.63, 3.8) is 0 Å². The van der Waals surface area contributed by atoms with Crippen LogP contribution in [0.5, 0.6) is 0 Å². The second-order valence-electron chi connectivity index (χ2n) is 3.52. The molecule has 3 nitrogen and oxygen atoms in total. The molecule has 0 fully saturated rings. The second-order valence-corrected chi connectivity index (χ2v) is 3.52. The predicted molar refractivity (Wildman–Crippen MR) is 62.5 cm³/mol. The first-order chi connectivity index (χ1) is 7.38. The molecule has 1 rings (SSSR count). The molecule has 0 amide bonds. The summed E-state index contributed by atoms with van der Waals surface area (Å²) < 4.78 is 5.15. The van der Waals surface area contributed by atoms with E-state index >= 15 is 0 Å². The zero-order chi connectivity index (χ0) is 10.9. The number of benzene rings is 1. The van der Waals surface area contributed by atoms with Crippen molar-refractivity contribution in [1.82, 2.24) is 5.32 Å². The molecule has 3 N–H and O–H groups in total. The third kappa shape index (κ3) is 4.42. The Bertz CT molecular complexity index is 276. The molecule has 0 aliphatic carbocycles. The van der Waals surface area contributed by atoms with Crippen LogP contribution in [0.15, 0.2) is 24.3 Å². The molecular weight excluding hydrogens is 188 g/mol. The molecule has 15 heavy (non-hydrogen) atoms. The molecule has 0 spiro atoms. The molecule has 0 unspecified atom stereocenters. The molecule has 1 aromatic rings. The van der Waals surface area contributed by atoms with Gasteiger partial charge in [-0.25, -0.2) is 0 Å². The van der Waals surface area contributed by atoms with Gasteiger partial charge < -0.3 is 15.8 Å². The topological polar surface area (TPSA) is 47.3 Å². The van der Waals surface area contributed by atoms with E-state index in [9.17, 15) is 0 Å². The Hall–Kier alpha value is -0.900. The van der Waals surface area contributed by atoms with Crippen molar-refractivity contribution in [1.29, 1.82) is 0 Å². The van der Waals surface area contributed by atoms with Crippen molar-refractivity contribution >= 4 is 0 Å². The standard InChI is InChI=1S/C12H20N2O/c1-15-10-12-6-3-2-5-11(12)9-14-8-4-7-13/h2-3,5-6,14H,4,7-10,13H2,1H3. The minimum absolute atomic E-state index is 0.675. The monoisotopic (exact) mass is 208 g/mol. The summed E-state index contributed by atoms with van der Waals surface area (Å²) >= 11 is 0. The predicted octanol–water partition coefficient (Wildman–Crippen LogP) is 1.27. The van der Waals surface area contributed by atoms with Crippen LogP contribution in [0.3, 0.4) is 0 Å². The molecule has 0 aromatic heterocycles. The molecule has 3 heteroatoms. The van der Waals surface area contributed by atoms with Crippen molar-refractivity contribution in [3.8, 4) is 0 Å². The van der Waals surface area contributed by atoms with Crippen LogP contribution in [-0.4, -0.2) is 20.2 Å². The number of hydrogen-bond donors (Lipinski definition) is 2. The molecule has 0 radical (unpaired) electrons. The number of methoxy groups -OCH3 is 1. The Morgan fingerprint density at radius 3 is 2.67 bits per heavy atom. The van der Waals surface area contributed by atoms with E-state index in [-0.39, 0.29) is 0 Å². The smallest absolute Gasteiger partial charge is 0.0716 e. The molecule has 1 aromatic carbocycles. The van der Waals surface area contributed by atoms with Gasteiger partial charge >= 0.3 is 0 Å². The van der Waals surface area contributed by atoms with Crippen molar-refractivity contribution in [2.75, 3.05) is 20.2 Å². The first kappa shape index (κ1) is 12.2. The average Bonchev–Trinajstić information content (AvgIpc) is 2.27. The van der Waals surface area contributed by atoms with Crippen molar-refractivity contribution in [3.05, 3.63) is 35.4 Å². The van der Waals surface area contributed by atoms with Gasteiger partial charge in [0.25, 0.3) is 0 Å². The summed E-state index contributed by atoms with van der Waals surface area (Å²) in [5, 5.41) is 3.37.